The van der Waals surface area contributed by atoms with E-state index in [0.29, 0.717) is 37.4 Å². The lowest BCUT2D eigenvalue weighted by Gasteiger charge is -2.33. The second-order valence-corrected chi connectivity index (χ2v) is 6.38. The third-order valence-corrected chi connectivity index (χ3v) is 4.36. The molecule has 25 heavy (non-hydrogen) atoms. The van der Waals surface area contributed by atoms with Crippen LogP contribution in [0.1, 0.15) is 44.1 Å². The smallest absolute Gasteiger partial charge is 0.217 e. The lowest BCUT2D eigenvalue weighted by atomic mass is 9.73. The molecule has 0 aliphatic heterocycles. The highest BCUT2D eigenvalue weighted by Gasteiger charge is 2.33. The van der Waals surface area contributed by atoms with Crippen molar-refractivity contribution in [1.82, 2.24) is 10.5 Å². The van der Waals surface area contributed by atoms with E-state index in [1.807, 2.05) is 37.3 Å². The molecule has 2 aromatic rings. The standard InChI is InChI=1S/C19H24N2O4/c1-3-23-16-4-6-17(7-5-16)24-12-14-8-15(9-14)19-10-18(25-21-19)11-20-13(2)22/h4-7,10,14-15H,3,8-9,11-12H2,1-2H3,(H,20,22). The van der Waals surface area contributed by atoms with Crippen molar-refractivity contribution < 1.29 is 18.8 Å². The van der Waals surface area contributed by atoms with Gasteiger partial charge in [0.2, 0.25) is 5.91 Å². The Balaban J connectivity index is 1.40. The SMILES string of the molecule is CCOc1ccc(OCC2CC(c3cc(CNC(C)=O)on3)C2)cc1. The zero-order valence-electron chi connectivity index (χ0n) is 14.7. The minimum absolute atomic E-state index is 0.0758. The van der Waals surface area contributed by atoms with E-state index in [-0.39, 0.29) is 5.91 Å². The van der Waals surface area contributed by atoms with Gasteiger partial charge >= 0.3 is 0 Å². The largest absolute Gasteiger partial charge is 0.494 e. The van der Waals surface area contributed by atoms with Gasteiger partial charge in [-0.05, 0) is 49.9 Å². The number of aromatic nitrogens is 1. The summed E-state index contributed by atoms with van der Waals surface area (Å²) in [4.78, 5) is 10.9. The predicted molar refractivity (Wildman–Crippen MR) is 92.6 cm³/mol. The van der Waals surface area contributed by atoms with Crippen LogP contribution in [0.3, 0.4) is 0 Å². The molecule has 3 rings (SSSR count). The molecule has 1 N–H and O–H groups in total. The van der Waals surface area contributed by atoms with Crippen molar-refractivity contribution in [2.75, 3.05) is 13.2 Å². The van der Waals surface area contributed by atoms with Crippen LogP contribution in [-0.2, 0) is 11.3 Å². The lowest BCUT2D eigenvalue weighted by molar-refractivity contribution is -0.119. The fraction of sp³-hybridized carbons (Fsp3) is 0.474. The van der Waals surface area contributed by atoms with E-state index in [1.54, 1.807) is 0 Å². The molecule has 0 radical (unpaired) electrons. The summed E-state index contributed by atoms with van der Waals surface area (Å²) in [7, 11) is 0. The van der Waals surface area contributed by atoms with Gasteiger partial charge in [-0.15, -0.1) is 0 Å². The van der Waals surface area contributed by atoms with Gasteiger partial charge in [-0.3, -0.25) is 4.79 Å². The van der Waals surface area contributed by atoms with Crippen molar-refractivity contribution in [1.29, 1.82) is 0 Å². The van der Waals surface area contributed by atoms with Crippen LogP contribution in [0, 0.1) is 5.92 Å². The summed E-state index contributed by atoms with van der Waals surface area (Å²) in [6.45, 7) is 5.21. The van der Waals surface area contributed by atoms with E-state index in [2.05, 4.69) is 10.5 Å². The van der Waals surface area contributed by atoms with E-state index in [1.165, 1.54) is 6.92 Å². The first kappa shape index (κ1) is 17.3. The maximum atomic E-state index is 10.9. The number of rotatable bonds is 8. The van der Waals surface area contributed by atoms with Crippen molar-refractivity contribution in [3.05, 3.63) is 41.8 Å². The second kappa shape index (κ2) is 8.05. The van der Waals surface area contributed by atoms with Gasteiger partial charge in [0.25, 0.3) is 0 Å². The molecule has 1 aliphatic carbocycles. The molecule has 1 aromatic heterocycles. The average molecular weight is 344 g/mol. The Bertz CT molecular complexity index is 690. The first-order chi connectivity index (χ1) is 12.1. The van der Waals surface area contributed by atoms with Crippen molar-refractivity contribution in [2.45, 2.75) is 39.2 Å². The number of benzene rings is 1. The lowest BCUT2D eigenvalue weighted by Crippen LogP contribution is -2.27. The summed E-state index contributed by atoms with van der Waals surface area (Å²) >= 11 is 0. The van der Waals surface area contributed by atoms with Crippen LogP contribution < -0.4 is 14.8 Å². The third kappa shape index (κ3) is 4.75. The monoisotopic (exact) mass is 344 g/mol. The first-order valence-corrected chi connectivity index (χ1v) is 8.69. The number of nitrogens with one attached hydrogen (secondary N) is 1. The number of nitrogens with zero attached hydrogens (tertiary/aromatic N) is 1. The molecule has 0 atom stereocenters. The fourth-order valence-corrected chi connectivity index (χ4v) is 2.94. The molecular weight excluding hydrogens is 320 g/mol. The summed E-state index contributed by atoms with van der Waals surface area (Å²) in [5.41, 5.74) is 0.970. The molecule has 1 aromatic carbocycles. The van der Waals surface area contributed by atoms with Crippen LogP contribution in [0.25, 0.3) is 0 Å². The number of hydrogen-bond acceptors (Lipinski definition) is 5. The Morgan fingerprint density at radius 2 is 1.92 bits per heavy atom. The van der Waals surface area contributed by atoms with Crippen LogP contribution in [0.4, 0.5) is 0 Å². The van der Waals surface area contributed by atoms with E-state index in [9.17, 15) is 4.79 Å². The van der Waals surface area contributed by atoms with Gasteiger partial charge in [0.15, 0.2) is 5.76 Å². The molecule has 0 unspecified atom stereocenters. The molecule has 6 heteroatoms. The molecular formula is C19H24N2O4. The van der Waals surface area contributed by atoms with Gasteiger partial charge in [-0.1, -0.05) is 5.16 Å². The minimum Gasteiger partial charge on any atom is -0.494 e. The second-order valence-electron chi connectivity index (χ2n) is 6.38. The Kier molecular flexibility index (Phi) is 5.58. The number of hydrogen-bond donors (Lipinski definition) is 1. The van der Waals surface area contributed by atoms with Gasteiger partial charge in [-0.25, -0.2) is 0 Å². The molecule has 0 bridgehead atoms. The average Bonchev–Trinajstić information content (AvgIpc) is 3.02. The van der Waals surface area contributed by atoms with Crippen molar-refractivity contribution in [3.8, 4) is 11.5 Å². The van der Waals surface area contributed by atoms with Crippen LogP contribution in [0.5, 0.6) is 11.5 Å². The molecule has 0 spiro atoms. The number of carbonyl (C=O) groups excluding carboxylic acids is 1. The molecule has 1 heterocycles. The zero-order valence-corrected chi connectivity index (χ0v) is 14.7. The van der Waals surface area contributed by atoms with E-state index < -0.39 is 0 Å². The summed E-state index contributed by atoms with van der Waals surface area (Å²) < 4.78 is 16.5. The van der Waals surface area contributed by atoms with Gasteiger partial charge in [0, 0.05) is 18.9 Å². The highest BCUT2D eigenvalue weighted by atomic mass is 16.5. The first-order valence-electron chi connectivity index (χ1n) is 8.69. The third-order valence-electron chi connectivity index (χ3n) is 4.36. The van der Waals surface area contributed by atoms with Crippen LogP contribution in [0.15, 0.2) is 34.9 Å². The Labute approximate surface area is 147 Å². The summed E-state index contributed by atoms with van der Waals surface area (Å²) in [5, 5.41) is 6.82. The van der Waals surface area contributed by atoms with Crippen LogP contribution in [-0.4, -0.2) is 24.3 Å². The van der Waals surface area contributed by atoms with Crippen LogP contribution in [0.2, 0.25) is 0 Å². The van der Waals surface area contributed by atoms with Gasteiger partial charge in [-0.2, -0.15) is 0 Å². The molecule has 6 nitrogen and oxygen atoms in total. The van der Waals surface area contributed by atoms with Gasteiger partial charge < -0.3 is 19.3 Å². The highest BCUT2D eigenvalue weighted by Crippen LogP contribution is 2.41. The fourth-order valence-electron chi connectivity index (χ4n) is 2.94. The molecule has 0 saturated heterocycles. The maximum absolute atomic E-state index is 10.9. The summed E-state index contributed by atoms with van der Waals surface area (Å²) in [6, 6.07) is 9.66. The van der Waals surface area contributed by atoms with Crippen molar-refractivity contribution in [3.63, 3.8) is 0 Å². The Hall–Kier alpha value is -2.50. The number of amides is 1. The minimum atomic E-state index is -0.0758. The van der Waals surface area contributed by atoms with Crippen LogP contribution >= 0.6 is 0 Å². The molecule has 1 aliphatic rings. The zero-order chi connectivity index (χ0) is 17.6. The van der Waals surface area contributed by atoms with Crippen molar-refractivity contribution >= 4 is 5.91 Å². The summed E-state index contributed by atoms with van der Waals surface area (Å²) in [5.74, 6) is 3.30. The number of ether oxygens (including phenoxy) is 2. The quantitative estimate of drug-likeness (QED) is 0.795. The van der Waals surface area contributed by atoms with E-state index in [0.717, 1.165) is 30.0 Å². The normalized spacial score (nSPS) is 19.1. The number of carbonyl (C=O) groups is 1. The Morgan fingerprint density at radius 1 is 1.24 bits per heavy atom. The molecule has 134 valence electrons. The predicted octanol–water partition coefficient (Wildman–Crippen LogP) is 3.28. The Morgan fingerprint density at radius 3 is 2.56 bits per heavy atom. The van der Waals surface area contributed by atoms with E-state index >= 15 is 0 Å². The molecule has 1 fully saturated rings. The van der Waals surface area contributed by atoms with Gasteiger partial charge in [0.05, 0.1) is 25.5 Å². The van der Waals surface area contributed by atoms with Crippen molar-refractivity contribution in [2.24, 2.45) is 5.92 Å². The molecule has 1 saturated carbocycles. The maximum Gasteiger partial charge on any atom is 0.217 e. The molecule has 1 amide bonds. The van der Waals surface area contributed by atoms with E-state index in [4.69, 9.17) is 14.0 Å². The van der Waals surface area contributed by atoms with Gasteiger partial charge in [0.1, 0.15) is 11.5 Å². The highest BCUT2D eigenvalue weighted by molar-refractivity contribution is 5.72. The topological polar surface area (TPSA) is 73.6 Å². The summed E-state index contributed by atoms with van der Waals surface area (Å²) in [6.07, 6.45) is 2.09.